The Kier molecular flexibility index (Phi) is 4.52. The van der Waals surface area contributed by atoms with E-state index in [4.69, 9.17) is 10.5 Å². The molecular formula is C13H16N4O2. The number of nitrogens with two attached hydrogens (primary N) is 1. The first-order valence-corrected chi connectivity index (χ1v) is 5.98. The van der Waals surface area contributed by atoms with Crippen LogP contribution in [0.25, 0.3) is 0 Å². The molecule has 19 heavy (non-hydrogen) atoms. The largest absolute Gasteiger partial charge is 0.492 e. The first-order chi connectivity index (χ1) is 9.28. The van der Waals surface area contributed by atoms with Gasteiger partial charge in [-0.25, -0.2) is 0 Å². The summed E-state index contributed by atoms with van der Waals surface area (Å²) in [5, 5.41) is 6.75. The molecule has 1 heterocycles. The van der Waals surface area contributed by atoms with Crippen LogP contribution in [0.2, 0.25) is 0 Å². The van der Waals surface area contributed by atoms with E-state index in [0.717, 1.165) is 11.4 Å². The van der Waals surface area contributed by atoms with Crippen molar-refractivity contribution in [3.8, 4) is 5.75 Å². The molecule has 0 spiro atoms. The van der Waals surface area contributed by atoms with Gasteiger partial charge in [-0.1, -0.05) is 0 Å². The molecule has 6 heteroatoms. The lowest BCUT2D eigenvalue weighted by atomic mass is 10.3. The van der Waals surface area contributed by atoms with Gasteiger partial charge in [-0.2, -0.15) is 5.10 Å². The highest BCUT2D eigenvalue weighted by molar-refractivity contribution is 5.90. The van der Waals surface area contributed by atoms with Gasteiger partial charge in [0.15, 0.2) is 0 Å². The lowest BCUT2D eigenvalue weighted by Gasteiger charge is -2.07. The van der Waals surface area contributed by atoms with E-state index >= 15 is 0 Å². The predicted octanol–water partition coefficient (Wildman–Crippen LogP) is 0.859. The van der Waals surface area contributed by atoms with Crippen LogP contribution in [-0.2, 0) is 11.3 Å². The smallest absolute Gasteiger partial charge is 0.246 e. The number of nitrogens with zero attached hydrogens (tertiary/aromatic N) is 2. The predicted molar refractivity (Wildman–Crippen MR) is 71.8 cm³/mol. The summed E-state index contributed by atoms with van der Waals surface area (Å²) in [5.74, 6) is 0.606. The summed E-state index contributed by atoms with van der Waals surface area (Å²) in [6.07, 6.45) is 3.38. The van der Waals surface area contributed by atoms with Crippen molar-refractivity contribution in [2.45, 2.75) is 6.54 Å². The standard InChI is InChI=1S/C13H16N4O2/c14-6-9-19-12-4-2-11(3-5-12)16-13(18)10-17-8-1-7-15-17/h1-5,7-8H,6,9-10,14H2,(H,16,18). The molecule has 100 valence electrons. The molecule has 2 aromatic rings. The van der Waals surface area contributed by atoms with Gasteiger partial charge in [0, 0.05) is 24.6 Å². The normalized spacial score (nSPS) is 10.2. The summed E-state index contributed by atoms with van der Waals surface area (Å²) in [6, 6.07) is 8.93. The number of hydrogen-bond donors (Lipinski definition) is 2. The van der Waals surface area contributed by atoms with Crippen LogP contribution in [0, 0.1) is 0 Å². The van der Waals surface area contributed by atoms with Crippen LogP contribution in [-0.4, -0.2) is 28.8 Å². The molecule has 0 aliphatic heterocycles. The van der Waals surface area contributed by atoms with Crippen LogP contribution in [0.15, 0.2) is 42.7 Å². The zero-order chi connectivity index (χ0) is 13.5. The van der Waals surface area contributed by atoms with E-state index in [9.17, 15) is 4.79 Å². The van der Waals surface area contributed by atoms with Gasteiger partial charge in [0.1, 0.15) is 18.9 Å². The molecule has 2 rings (SSSR count). The Labute approximate surface area is 111 Å². The highest BCUT2D eigenvalue weighted by atomic mass is 16.5. The van der Waals surface area contributed by atoms with E-state index in [1.807, 2.05) is 0 Å². The van der Waals surface area contributed by atoms with Crippen molar-refractivity contribution in [3.63, 3.8) is 0 Å². The monoisotopic (exact) mass is 260 g/mol. The number of ether oxygens (including phenoxy) is 1. The summed E-state index contributed by atoms with van der Waals surface area (Å²) in [6.45, 7) is 1.14. The van der Waals surface area contributed by atoms with E-state index in [2.05, 4.69) is 10.4 Å². The zero-order valence-electron chi connectivity index (χ0n) is 10.5. The van der Waals surface area contributed by atoms with Crippen molar-refractivity contribution in [2.75, 3.05) is 18.5 Å². The molecule has 0 saturated heterocycles. The molecule has 0 aliphatic carbocycles. The molecule has 0 atom stereocenters. The van der Waals surface area contributed by atoms with Crippen molar-refractivity contribution in [1.82, 2.24) is 9.78 Å². The van der Waals surface area contributed by atoms with Gasteiger partial charge in [-0.15, -0.1) is 0 Å². The SMILES string of the molecule is NCCOc1ccc(NC(=O)Cn2cccn2)cc1. The van der Waals surface area contributed by atoms with E-state index in [1.165, 1.54) is 0 Å². The summed E-state index contributed by atoms with van der Waals surface area (Å²) in [7, 11) is 0. The van der Waals surface area contributed by atoms with Crippen LogP contribution < -0.4 is 15.8 Å². The van der Waals surface area contributed by atoms with Gasteiger partial charge in [0.25, 0.3) is 0 Å². The van der Waals surface area contributed by atoms with Crippen LogP contribution in [0.4, 0.5) is 5.69 Å². The number of benzene rings is 1. The van der Waals surface area contributed by atoms with Crippen LogP contribution in [0.3, 0.4) is 0 Å². The van der Waals surface area contributed by atoms with Crippen LogP contribution >= 0.6 is 0 Å². The molecule has 1 aromatic carbocycles. The first-order valence-electron chi connectivity index (χ1n) is 5.98. The number of carbonyl (C=O) groups excluding carboxylic acids is 1. The van der Waals surface area contributed by atoms with Crippen molar-refractivity contribution in [2.24, 2.45) is 5.73 Å². The molecule has 3 N–H and O–H groups in total. The summed E-state index contributed by atoms with van der Waals surface area (Å²) < 4.78 is 6.91. The number of hydrogen-bond acceptors (Lipinski definition) is 4. The topological polar surface area (TPSA) is 82.2 Å². The maximum Gasteiger partial charge on any atom is 0.246 e. The van der Waals surface area contributed by atoms with Gasteiger partial charge >= 0.3 is 0 Å². The molecule has 1 aromatic heterocycles. The highest BCUT2D eigenvalue weighted by Crippen LogP contribution is 2.15. The fourth-order valence-corrected chi connectivity index (χ4v) is 1.55. The van der Waals surface area contributed by atoms with Crippen molar-refractivity contribution >= 4 is 11.6 Å². The molecule has 0 aliphatic rings. The molecular weight excluding hydrogens is 244 g/mol. The van der Waals surface area contributed by atoms with Gasteiger partial charge < -0.3 is 15.8 Å². The Hall–Kier alpha value is -2.34. The third-order valence-electron chi connectivity index (χ3n) is 2.39. The van der Waals surface area contributed by atoms with Gasteiger partial charge in [0.05, 0.1) is 0 Å². The van der Waals surface area contributed by atoms with E-state index in [0.29, 0.717) is 13.2 Å². The second-order valence-corrected chi connectivity index (χ2v) is 3.91. The molecule has 0 saturated carbocycles. The quantitative estimate of drug-likeness (QED) is 0.807. The van der Waals surface area contributed by atoms with Crippen LogP contribution in [0.5, 0.6) is 5.75 Å². The summed E-state index contributed by atoms with van der Waals surface area (Å²) in [4.78, 5) is 11.7. The number of carbonyl (C=O) groups is 1. The minimum Gasteiger partial charge on any atom is -0.492 e. The Balaban J connectivity index is 1.86. The maximum atomic E-state index is 11.7. The Morgan fingerprint density at radius 3 is 2.79 bits per heavy atom. The summed E-state index contributed by atoms with van der Waals surface area (Å²) >= 11 is 0. The van der Waals surface area contributed by atoms with Crippen LogP contribution in [0.1, 0.15) is 0 Å². The highest BCUT2D eigenvalue weighted by Gasteiger charge is 2.03. The van der Waals surface area contributed by atoms with Gasteiger partial charge in [-0.3, -0.25) is 9.48 Å². The number of amides is 1. The van der Waals surface area contributed by atoms with Crippen molar-refractivity contribution < 1.29 is 9.53 Å². The van der Waals surface area contributed by atoms with E-state index in [-0.39, 0.29) is 12.5 Å². The lowest BCUT2D eigenvalue weighted by Crippen LogP contribution is -2.18. The van der Waals surface area contributed by atoms with E-state index < -0.39 is 0 Å². The minimum atomic E-state index is -0.126. The molecule has 0 fully saturated rings. The molecule has 0 unspecified atom stereocenters. The molecule has 6 nitrogen and oxygen atoms in total. The fourth-order valence-electron chi connectivity index (χ4n) is 1.55. The molecule has 0 radical (unpaired) electrons. The van der Waals surface area contributed by atoms with Crippen molar-refractivity contribution in [1.29, 1.82) is 0 Å². The number of nitrogens with one attached hydrogen (secondary N) is 1. The second-order valence-electron chi connectivity index (χ2n) is 3.91. The Morgan fingerprint density at radius 1 is 1.37 bits per heavy atom. The van der Waals surface area contributed by atoms with Crippen molar-refractivity contribution in [3.05, 3.63) is 42.7 Å². The first kappa shape index (κ1) is 13.1. The second kappa shape index (κ2) is 6.55. The number of rotatable bonds is 6. The minimum absolute atomic E-state index is 0.126. The van der Waals surface area contributed by atoms with Gasteiger partial charge in [-0.05, 0) is 30.3 Å². The zero-order valence-corrected chi connectivity index (χ0v) is 10.5. The summed E-state index contributed by atoms with van der Waals surface area (Å²) in [5.41, 5.74) is 6.07. The average Bonchev–Trinajstić information content (AvgIpc) is 2.90. The number of aromatic nitrogens is 2. The molecule has 1 amide bonds. The Morgan fingerprint density at radius 2 is 2.16 bits per heavy atom. The maximum absolute atomic E-state index is 11.7. The van der Waals surface area contributed by atoms with E-state index in [1.54, 1.807) is 47.4 Å². The third kappa shape index (κ3) is 4.11. The fraction of sp³-hybridized carbons (Fsp3) is 0.231. The van der Waals surface area contributed by atoms with Gasteiger partial charge in [0.2, 0.25) is 5.91 Å². The average molecular weight is 260 g/mol. The third-order valence-corrected chi connectivity index (χ3v) is 2.39. The number of anilines is 1. The molecule has 0 bridgehead atoms. The lowest BCUT2D eigenvalue weighted by molar-refractivity contribution is -0.116. The Bertz CT molecular complexity index is 508.